The zero-order valence-corrected chi connectivity index (χ0v) is 15.1. The minimum absolute atomic E-state index is 0.402. The fourth-order valence-electron chi connectivity index (χ4n) is 3.94. The highest BCUT2D eigenvalue weighted by Gasteiger charge is 2.25. The number of rotatable bonds is 5. The Balaban J connectivity index is 1.44. The molecule has 1 aromatic heterocycles. The summed E-state index contributed by atoms with van der Waals surface area (Å²) in [5.41, 5.74) is 4.88. The number of carboxylic acid groups (broad SMARTS) is 1. The summed E-state index contributed by atoms with van der Waals surface area (Å²) >= 11 is 0. The minimum Gasteiger partial charge on any atom is -0.478 e. The van der Waals surface area contributed by atoms with Crippen LogP contribution in [0.4, 0.5) is 0 Å². The van der Waals surface area contributed by atoms with Crippen molar-refractivity contribution in [2.45, 2.75) is 25.3 Å². The van der Waals surface area contributed by atoms with Crippen LogP contribution >= 0.6 is 0 Å². The standard InChI is InChI=1S/C22H23N3O2/c26-22(27)19-9-5-4-8-18(19)15-25-12-10-17(11-13-25)21-20(14-23-24-21)16-6-2-1-3-7-16/h1-9,14,17H,10-13,15H2,(H,23,24)(H,26,27). The van der Waals surface area contributed by atoms with Crippen molar-refractivity contribution in [3.8, 4) is 11.1 Å². The van der Waals surface area contributed by atoms with Gasteiger partial charge in [-0.3, -0.25) is 10.00 Å². The summed E-state index contributed by atoms with van der Waals surface area (Å²) in [5, 5.41) is 16.9. The monoisotopic (exact) mass is 361 g/mol. The van der Waals surface area contributed by atoms with Gasteiger partial charge in [0.1, 0.15) is 0 Å². The molecule has 0 saturated carbocycles. The average molecular weight is 361 g/mol. The summed E-state index contributed by atoms with van der Waals surface area (Å²) in [7, 11) is 0. The molecule has 0 radical (unpaired) electrons. The zero-order chi connectivity index (χ0) is 18.6. The predicted molar refractivity (Wildman–Crippen MR) is 105 cm³/mol. The molecule has 0 atom stereocenters. The van der Waals surface area contributed by atoms with Crippen LogP contribution in [0.3, 0.4) is 0 Å². The van der Waals surface area contributed by atoms with E-state index in [-0.39, 0.29) is 0 Å². The lowest BCUT2D eigenvalue weighted by molar-refractivity contribution is 0.0694. The third-order valence-corrected chi connectivity index (χ3v) is 5.39. The first-order valence-corrected chi connectivity index (χ1v) is 9.34. The highest BCUT2D eigenvalue weighted by Crippen LogP contribution is 2.34. The largest absolute Gasteiger partial charge is 0.478 e. The number of aromatic amines is 1. The van der Waals surface area contributed by atoms with E-state index >= 15 is 0 Å². The Morgan fingerprint density at radius 1 is 1.07 bits per heavy atom. The Hall–Kier alpha value is -2.92. The Morgan fingerprint density at radius 3 is 2.52 bits per heavy atom. The second kappa shape index (κ2) is 7.76. The third-order valence-electron chi connectivity index (χ3n) is 5.39. The maximum absolute atomic E-state index is 11.4. The Labute approximate surface area is 158 Å². The highest BCUT2D eigenvalue weighted by atomic mass is 16.4. The van der Waals surface area contributed by atoms with E-state index in [0.29, 0.717) is 18.0 Å². The van der Waals surface area contributed by atoms with E-state index in [4.69, 9.17) is 0 Å². The first-order chi connectivity index (χ1) is 13.2. The molecule has 5 heteroatoms. The number of benzene rings is 2. The molecule has 0 spiro atoms. The van der Waals surface area contributed by atoms with Gasteiger partial charge in [-0.25, -0.2) is 4.79 Å². The lowest BCUT2D eigenvalue weighted by atomic mass is 9.89. The van der Waals surface area contributed by atoms with Gasteiger partial charge in [0.05, 0.1) is 11.8 Å². The lowest BCUT2D eigenvalue weighted by Gasteiger charge is -2.32. The van der Waals surface area contributed by atoms with Crippen LogP contribution in [0.5, 0.6) is 0 Å². The first kappa shape index (κ1) is 17.5. The maximum atomic E-state index is 11.4. The molecular weight excluding hydrogens is 338 g/mol. The van der Waals surface area contributed by atoms with Gasteiger partial charge < -0.3 is 5.11 Å². The average Bonchev–Trinajstić information content (AvgIpc) is 3.19. The van der Waals surface area contributed by atoms with Crippen LogP contribution < -0.4 is 0 Å². The number of carboxylic acids is 1. The maximum Gasteiger partial charge on any atom is 0.336 e. The molecule has 2 aromatic carbocycles. The molecule has 0 bridgehead atoms. The summed E-state index contributed by atoms with van der Waals surface area (Å²) in [6.07, 6.45) is 3.99. The summed E-state index contributed by atoms with van der Waals surface area (Å²) in [6, 6.07) is 17.6. The number of H-pyrrole nitrogens is 1. The van der Waals surface area contributed by atoms with Gasteiger partial charge in [-0.1, -0.05) is 48.5 Å². The molecular formula is C22H23N3O2. The van der Waals surface area contributed by atoms with Crippen molar-refractivity contribution in [3.05, 3.63) is 77.6 Å². The van der Waals surface area contributed by atoms with E-state index < -0.39 is 5.97 Å². The van der Waals surface area contributed by atoms with E-state index in [1.54, 1.807) is 12.1 Å². The second-order valence-corrected chi connectivity index (χ2v) is 7.08. The number of aromatic carboxylic acids is 1. The van der Waals surface area contributed by atoms with Crippen molar-refractivity contribution in [2.24, 2.45) is 0 Å². The zero-order valence-electron chi connectivity index (χ0n) is 15.1. The van der Waals surface area contributed by atoms with Gasteiger partial charge in [-0.2, -0.15) is 5.10 Å². The third kappa shape index (κ3) is 3.78. The molecule has 1 aliphatic rings. The van der Waals surface area contributed by atoms with Gasteiger partial charge in [0, 0.05) is 23.7 Å². The Morgan fingerprint density at radius 2 is 1.78 bits per heavy atom. The number of nitrogens with one attached hydrogen (secondary N) is 1. The van der Waals surface area contributed by atoms with Crippen molar-refractivity contribution in [2.75, 3.05) is 13.1 Å². The van der Waals surface area contributed by atoms with Crippen molar-refractivity contribution in [3.63, 3.8) is 0 Å². The number of likely N-dealkylation sites (tertiary alicyclic amines) is 1. The van der Waals surface area contributed by atoms with Crippen molar-refractivity contribution in [1.29, 1.82) is 0 Å². The van der Waals surface area contributed by atoms with Crippen LogP contribution in [0.1, 0.15) is 40.4 Å². The normalized spacial score (nSPS) is 15.7. The van der Waals surface area contributed by atoms with Crippen LogP contribution in [0.25, 0.3) is 11.1 Å². The smallest absolute Gasteiger partial charge is 0.336 e. The van der Waals surface area contributed by atoms with Crippen molar-refractivity contribution in [1.82, 2.24) is 15.1 Å². The Bertz CT molecular complexity index is 912. The van der Waals surface area contributed by atoms with Crippen LogP contribution in [-0.4, -0.2) is 39.3 Å². The first-order valence-electron chi connectivity index (χ1n) is 9.34. The number of nitrogens with zero attached hydrogens (tertiary/aromatic N) is 2. The molecule has 0 aliphatic carbocycles. The van der Waals surface area contributed by atoms with E-state index in [9.17, 15) is 9.90 Å². The van der Waals surface area contributed by atoms with Gasteiger partial charge in [0.2, 0.25) is 0 Å². The van der Waals surface area contributed by atoms with Crippen LogP contribution in [0.2, 0.25) is 0 Å². The second-order valence-electron chi connectivity index (χ2n) is 7.08. The van der Waals surface area contributed by atoms with Gasteiger partial charge in [-0.05, 0) is 43.1 Å². The van der Waals surface area contributed by atoms with E-state index in [1.807, 2.05) is 24.4 Å². The summed E-state index contributed by atoms with van der Waals surface area (Å²) in [6.45, 7) is 2.58. The number of hydrogen-bond donors (Lipinski definition) is 2. The minimum atomic E-state index is -0.856. The van der Waals surface area contributed by atoms with Crippen LogP contribution in [-0.2, 0) is 6.54 Å². The van der Waals surface area contributed by atoms with Crippen molar-refractivity contribution < 1.29 is 9.90 Å². The Kier molecular flexibility index (Phi) is 5.03. The van der Waals surface area contributed by atoms with Gasteiger partial charge in [0.15, 0.2) is 0 Å². The molecule has 2 heterocycles. The summed E-state index contributed by atoms with van der Waals surface area (Å²) in [5.74, 6) is -0.404. The van der Waals surface area contributed by atoms with E-state index in [2.05, 4.69) is 39.4 Å². The molecule has 4 rings (SSSR count). The molecule has 1 saturated heterocycles. The predicted octanol–water partition coefficient (Wildman–Crippen LogP) is 4.15. The number of piperidine rings is 1. The van der Waals surface area contributed by atoms with Crippen LogP contribution in [0, 0.1) is 0 Å². The molecule has 1 aliphatic heterocycles. The molecule has 5 nitrogen and oxygen atoms in total. The molecule has 0 amide bonds. The SMILES string of the molecule is O=C(O)c1ccccc1CN1CCC(c2[nH]ncc2-c2ccccc2)CC1. The molecule has 3 aromatic rings. The molecule has 2 N–H and O–H groups in total. The van der Waals surface area contributed by atoms with Gasteiger partial charge in [-0.15, -0.1) is 0 Å². The lowest BCUT2D eigenvalue weighted by Crippen LogP contribution is -2.33. The molecule has 138 valence electrons. The van der Waals surface area contributed by atoms with Gasteiger partial charge >= 0.3 is 5.97 Å². The van der Waals surface area contributed by atoms with Crippen LogP contribution in [0.15, 0.2) is 60.8 Å². The van der Waals surface area contributed by atoms with Crippen molar-refractivity contribution >= 4 is 5.97 Å². The molecule has 1 fully saturated rings. The number of carbonyl (C=O) groups is 1. The number of aromatic nitrogens is 2. The topological polar surface area (TPSA) is 69.2 Å². The fraction of sp³-hybridized carbons (Fsp3) is 0.273. The summed E-state index contributed by atoms with van der Waals surface area (Å²) < 4.78 is 0. The van der Waals surface area contributed by atoms with E-state index in [1.165, 1.54) is 16.8 Å². The molecule has 27 heavy (non-hydrogen) atoms. The summed E-state index contributed by atoms with van der Waals surface area (Å²) in [4.78, 5) is 13.8. The quantitative estimate of drug-likeness (QED) is 0.716. The molecule has 0 unspecified atom stereocenters. The fourth-order valence-corrected chi connectivity index (χ4v) is 3.94. The van der Waals surface area contributed by atoms with E-state index in [0.717, 1.165) is 31.5 Å². The number of hydrogen-bond acceptors (Lipinski definition) is 3. The van der Waals surface area contributed by atoms with Gasteiger partial charge in [0.25, 0.3) is 0 Å². The highest BCUT2D eigenvalue weighted by molar-refractivity contribution is 5.89.